The highest BCUT2D eigenvalue weighted by molar-refractivity contribution is 7.78. The smallest absolute Gasteiger partial charge is 0.0680 e. The van der Waals surface area contributed by atoms with Gasteiger partial charge in [-0.1, -0.05) is 12.2 Å². The third-order valence-corrected chi connectivity index (χ3v) is 1.38. The maximum absolute atomic E-state index is 4.70. The van der Waals surface area contributed by atoms with E-state index in [-0.39, 0.29) is 0 Å². The summed E-state index contributed by atoms with van der Waals surface area (Å²) in [6.07, 6.45) is 1.89. The molecule has 0 radical (unpaired) electrons. The van der Waals surface area contributed by atoms with Gasteiger partial charge in [-0.3, -0.25) is 0 Å². The monoisotopic (exact) mass is 144 g/mol. The molecule has 0 fully saturated rings. The van der Waals surface area contributed by atoms with Crippen LogP contribution in [-0.2, 0) is 0 Å². The molecule has 0 spiro atoms. The van der Waals surface area contributed by atoms with E-state index in [4.69, 9.17) is 12.2 Å². The lowest BCUT2D eigenvalue weighted by atomic mass is 10.5. The van der Waals surface area contributed by atoms with Crippen LogP contribution in [0.25, 0.3) is 0 Å². The molecule has 3 heteroatoms. The third kappa shape index (κ3) is 3.08. The Morgan fingerprint density at radius 2 is 2.22 bits per heavy atom. The zero-order valence-electron chi connectivity index (χ0n) is 6.01. The van der Waals surface area contributed by atoms with Crippen molar-refractivity contribution in [2.24, 2.45) is 0 Å². The van der Waals surface area contributed by atoms with Gasteiger partial charge in [0.15, 0.2) is 0 Å². The van der Waals surface area contributed by atoms with Gasteiger partial charge < -0.3 is 10.2 Å². The zero-order valence-corrected chi connectivity index (χ0v) is 6.83. The van der Waals surface area contributed by atoms with Crippen molar-refractivity contribution in [2.45, 2.75) is 6.92 Å². The third-order valence-electron chi connectivity index (χ3n) is 1.07. The fraction of sp³-hybridized carbons (Fsp3) is 0.500. The van der Waals surface area contributed by atoms with E-state index in [9.17, 15) is 0 Å². The second-order valence-corrected chi connectivity index (χ2v) is 2.00. The van der Waals surface area contributed by atoms with Gasteiger partial charge in [0.05, 0.1) is 5.49 Å². The molecule has 0 aliphatic rings. The Bertz CT molecular complexity index is 120. The standard InChI is InChI=1S/C6H12N2S/c1-6(4-7-2)8(3)5-9/h4-5,7H,1-3H3/b6-4-. The molecule has 0 atom stereocenters. The minimum Gasteiger partial charge on any atom is -0.393 e. The molecule has 0 unspecified atom stereocenters. The van der Waals surface area contributed by atoms with Crippen LogP contribution in [0.15, 0.2) is 11.9 Å². The molecule has 2 nitrogen and oxygen atoms in total. The lowest BCUT2D eigenvalue weighted by Crippen LogP contribution is -2.13. The Hall–Kier alpha value is -0.570. The molecule has 52 valence electrons. The van der Waals surface area contributed by atoms with Gasteiger partial charge in [0, 0.05) is 26.0 Å². The summed E-state index contributed by atoms with van der Waals surface area (Å²) in [6, 6.07) is 0. The number of nitrogens with zero attached hydrogens (tertiary/aromatic N) is 1. The summed E-state index contributed by atoms with van der Waals surface area (Å²) >= 11 is 4.70. The maximum atomic E-state index is 4.70. The highest BCUT2D eigenvalue weighted by Crippen LogP contribution is 1.93. The lowest BCUT2D eigenvalue weighted by Gasteiger charge is -2.11. The van der Waals surface area contributed by atoms with Crippen LogP contribution in [0.3, 0.4) is 0 Å². The first-order valence-electron chi connectivity index (χ1n) is 2.74. The number of allylic oxidation sites excluding steroid dienone is 1. The van der Waals surface area contributed by atoms with E-state index in [1.165, 1.54) is 0 Å². The molecule has 0 aromatic carbocycles. The molecule has 0 amide bonds. The molecular weight excluding hydrogens is 132 g/mol. The molecule has 0 heterocycles. The number of hydrogen-bond acceptors (Lipinski definition) is 2. The fourth-order valence-electron chi connectivity index (χ4n) is 0.394. The molecular formula is C6H12N2S. The lowest BCUT2D eigenvalue weighted by molar-refractivity contribution is 0.648. The Morgan fingerprint density at radius 3 is 2.56 bits per heavy atom. The van der Waals surface area contributed by atoms with Gasteiger partial charge in [-0.2, -0.15) is 0 Å². The van der Waals surface area contributed by atoms with E-state index >= 15 is 0 Å². The number of rotatable bonds is 3. The van der Waals surface area contributed by atoms with Gasteiger partial charge >= 0.3 is 0 Å². The van der Waals surface area contributed by atoms with Gasteiger partial charge in [0.2, 0.25) is 0 Å². The van der Waals surface area contributed by atoms with Crippen molar-refractivity contribution in [2.75, 3.05) is 14.1 Å². The largest absolute Gasteiger partial charge is 0.393 e. The number of hydrogen-bond donors (Lipinski definition) is 1. The first kappa shape index (κ1) is 8.43. The zero-order chi connectivity index (χ0) is 7.28. The minimum absolute atomic E-state index is 1.10. The van der Waals surface area contributed by atoms with Crippen LogP contribution in [0.2, 0.25) is 0 Å². The second kappa shape index (κ2) is 4.32. The minimum atomic E-state index is 1.10. The van der Waals surface area contributed by atoms with E-state index in [2.05, 4.69) is 5.32 Å². The molecule has 0 aromatic rings. The van der Waals surface area contributed by atoms with Crippen LogP contribution in [-0.4, -0.2) is 24.5 Å². The van der Waals surface area contributed by atoms with Crippen LogP contribution in [0, 0.1) is 0 Å². The molecule has 0 bridgehead atoms. The SMILES string of the molecule is CN/C=C(/C)N(C)C=S. The van der Waals surface area contributed by atoms with E-state index in [0.29, 0.717) is 0 Å². The summed E-state index contributed by atoms with van der Waals surface area (Å²) in [5.74, 6) is 0. The van der Waals surface area contributed by atoms with Crippen molar-refractivity contribution in [3.8, 4) is 0 Å². The average Bonchev–Trinajstić information content (AvgIpc) is 1.87. The van der Waals surface area contributed by atoms with Crippen LogP contribution in [0.4, 0.5) is 0 Å². The van der Waals surface area contributed by atoms with Gasteiger partial charge in [0.1, 0.15) is 0 Å². The quantitative estimate of drug-likeness (QED) is 0.594. The average molecular weight is 144 g/mol. The highest BCUT2D eigenvalue weighted by Gasteiger charge is 1.89. The Morgan fingerprint density at radius 1 is 1.67 bits per heavy atom. The highest BCUT2D eigenvalue weighted by atomic mass is 32.1. The summed E-state index contributed by atoms with van der Waals surface area (Å²) < 4.78 is 0. The van der Waals surface area contributed by atoms with E-state index < -0.39 is 0 Å². The first-order valence-corrected chi connectivity index (χ1v) is 3.21. The van der Waals surface area contributed by atoms with Crippen molar-refractivity contribution in [3.63, 3.8) is 0 Å². The summed E-state index contributed by atoms with van der Waals surface area (Å²) in [4.78, 5) is 1.87. The summed E-state index contributed by atoms with van der Waals surface area (Å²) in [5, 5.41) is 2.91. The molecule has 0 aromatic heterocycles. The van der Waals surface area contributed by atoms with E-state index in [0.717, 1.165) is 5.70 Å². The van der Waals surface area contributed by atoms with Crippen molar-refractivity contribution in [1.29, 1.82) is 0 Å². The Kier molecular flexibility index (Phi) is 4.05. The predicted octanol–water partition coefficient (Wildman–Crippen LogP) is 0.956. The van der Waals surface area contributed by atoms with Gasteiger partial charge in [-0.15, -0.1) is 0 Å². The summed E-state index contributed by atoms with van der Waals surface area (Å²) in [6.45, 7) is 1.99. The molecule has 0 aliphatic carbocycles. The van der Waals surface area contributed by atoms with Crippen molar-refractivity contribution < 1.29 is 0 Å². The normalized spacial score (nSPS) is 10.8. The molecule has 0 saturated heterocycles. The maximum Gasteiger partial charge on any atom is 0.0680 e. The van der Waals surface area contributed by atoms with Crippen LogP contribution >= 0.6 is 12.2 Å². The molecule has 9 heavy (non-hydrogen) atoms. The number of thiocarbonyl (C=S) groups is 1. The fourth-order valence-corrected chi connectivity index (χ4v) is 0.560. The molecule has 0 rings (SSSR count). The van der Waals surface area contributed by atoms with E-state index in [1.807, 2.05) is 32.1 Å². The van der Waals surface area contributed by atoms with E-state index in [1.54, 1.807) is 5.49 Å². The Balaban J connectivity index is 3.84. The Labute approximate surface area is 61.5 Å². The van der Waals surface area contributed by atoms with Crippen LogP contribution < -0.4 is 5.32 Å². The van der Waals surface area contributed by atoms with Crippen LogP contribution in [0.1, 0.15) is 6.92 Å². The van der Waals surface area contributed by atoms with Gasteiger partial charge in [-0.05, 0) is 6.92 Å². The second-order valence-electron chi connectivity index (χ2n) is 1.79. The van der Waals surface area contributed by atoms with Crippen LogP contribution in [0.5, 0.6) is 0 Å². The molecule has 0 aliphatic heterocycles. The molecule has 1 N–H and O–H groups in total. The van der Waals surface area contributed by atoms with Crippen molar-refractivity contribution in [3.05, 3.63) is 11.9 Å². The number of nitrogens with one attached hydrogen (secondary N) is 1. The van der Waals surface area contributed by atoms with Crippen molar-refractivity contribution in [1.82, 2.24) is 10.2 Å². The predicted molar refractivity (Wildman–Crippen MR) is 44.2 cm³/mol. The van der Waals surface area contributed by atoms with Gasteiger partial charge in [0.25, 0.3) is 0 Å². The summed E-state index contributed by atoms with van der Waals surface area (Å²) in [7, 11) is 3.77. The topological polar surface area (TPSA) is 15.3 Å². The van der Waals surface area contributed by atoms with Gasteiger partial charge in [-0.25, -0.2) is 0 Å². The first-order chi connectivity index (χ1) is 4.22. The summed E-state index contributed by atoms with van der Waals surface area (Å²) in [5.41, 5.74) is 2.70. The molecule has 0 saturated carbocycles. The van der Waals surface area contributed by atoms with Crippen molar-refractivity contribution >= 4 is 17.7 Å².